The summed E-state index contributed by atoms with van der Waals surface area (Å²) < 4.78 is 18.9. The second-order valence-electron chi connectivity index (χ2n) is 4.64. The Morgan fingerprint density at radius 2 is 1.90 bits per heavy atom. The van der Waals surface area contributed by atoms with Crippen LogP contribution in [-0.2, 0) is 24.3 Å². The Balaban J connectivity index is 1.71. The van der Waals surface area contributed by atoms with E-state index >= 15 is 0 Å². The van der Waals surface area contributed by atoms with Crippen molar-refractivity contribution in [3.8, 4) is 0 Å². The molecule has 4 heteroatoms. The Morgan fingerprint density at radius 1 is 1.10 bits per heavy atom. The highest BCUT2D eigenvalue weighted by atomic mass is 19.1. The van der Waals surface area contributed by atoms with Crippen LogP contribution >= 0.6 is 0 Å². The van der Waals surface area contributed by atoms with E-state index in [-0.39, 0.29) is 12.4 Å². The number of aromatic nitrogens is 1. The van der Waals surface area contributed by atoms with Crippen molar-refractivity contribution in [3.63, 3.8) is 0 Å². The van der Waals surface area contributed by atoms with Gasteiger partial charge < -0.3 is 10.5 Å². The molecule has 106 valence electrons. The van der Waals surface area contributed by atoms with Crippen molar-refractivity contribution >= 4 is 0 Å². The molecule has 1 aromatic heterocycles. The van der Waals surface area contributed by atoms with Crippen LogP contribution in [0.4, 0.5) is 4.39 Å². The number of nitrogens with two attached hydrogens (primary N) is 1. The summed E-state index contributed by atoms with van der Waals surface area (Å²) in [6.45, 7) is 1.38. The second kappa shape index (κ2) is 7.72. The van der Waals surface area contributed by atoms with Crippen LogP contribution in [0.5, 0.6) is 0 Å². The number of hydrogen-bond donors (Lipinski definition) is 1. The van der Waals surface area contributed by atoms with Gasteiger partial charge in [0.05, 0.1) is 6.61 Å². The highest BCUT2D eigenvalue weighted by molar-refractivity contribution is 5.24. The molecular formula is C16H19FN2O. The number of benzene rings is 1. The Kier molecular flexibility index (Phi) is 5.65. The lowest BCUT2D eigenvalue weighted by atomic mass is 10.1. The molecule has 0 spiro atoms. The molecule has 0 fully saturated rings. The van der Waals surface area contributed by atoms with Crippen molar-refractivity contribution < 1.29 is 9.13 Å². The van der Waals surface area contributed by atoms with Crippen molar-refractivity contribution in [3.05, 3.63) is 65.2 Å². The summed E-state index contributed by atoms with van der Waals surface area (Å²) in [6, 6.07) is 8.95. The summed E-state index contributed by atoms with van der Waals surface area (Å²) in [7, 11) is 0. The lowest BCUT2D eigenvalue weighted by molar-refractivity contribution is 0.118. The molecule has 0 aliphatic rings. The summed E-state index contributed by atoms with van der Waals surface area (Å²) in [5.41, 5.74) is 8.22. The molecule has 0 saturated heterocycles. The monoisotopic (exact) mass is 274 g/mol. The number of aryl methyl sites for hydroxylation is 1. The molecular weight excluding hydrogens is 255 g/mol. The van der Waals surface area contributed by atoms with Crippen LogP contribution in [0.2, 0.25) is 0 Å². The van der Waals surface area contributed by atoms with Gasteiger partial charge in [-0.15, -0.1) is 0 Å². The Bertz CT molecular complexity index is 531. The number of halogens is 1. The maximum absolute atomic E-state index is 13.3. The Labute approximate surface area is 118 Å². The van der Waals surface area contributed by atoms with Gasteiger partial charge in [-0.3, -0.25) is 4.98 Å². The van der Waals surface area contributed by atoms with E-state index in [2.05, 4.69) is 4.98 Å². The predicted molar refractivity (Wildman–Crippen MR) is 76.5 cm³/mol. The van der Waals surface area contributed by atoms with Crippen molar-refractivity contribution in [1.82, 2.24) is 4.98 Å². The molecule has 0 unspecified atom stereocenters. The summed E-state index contributed by atoms with van der Waals surface area (Å²) in [6.07, 6.45) is 5.51. The fraction of sp³-hybridized carbons (Fsp3) is 0.312. The number of ether oxygens (including phenoxy) is 1. The highest BCUT2D eigenvalue weighted by Crippen LogP contribution is 2.11. The molecule has 0 aliphatic heterocycles. The van der Waals surface area contributed by atoms with Gasteiger partial charge in [0.15, 0.2) is 0 Å². The first kappa shape index (κ1) is 14.6. The average Bonchev–Trinajstić information content (AvgIpc) is 2.49. The van der Waals surface area contributed by atoms with E-state index in [1.54, 1.807) is 24.5 Å². The largest absolute Gasteiger partial charge is 0.377 e. The van der Waals surface area contributed by atoms with E-state index in [9.17, 15) is 4.39 Å². The van der Waals surface area contributed by atoms with Gasteiger partial charge in [0, 0.05) is 31.1 Å². The van der Waals surface area contributed by atoms with E-state index in [0.29, 0.717) is 18.8 Å². The summed E-state index contributed by atoms with van der Waals surface area (Å²) in [5, 5.41) is 0. The zero-order valence-corrected chi connectivity index (χ0v) is 11.4. The molecule has 0 radical (unpaired) electrons. The molecule has 3 nitrogen and oxygen atoms in total. The van der Waals surface area contributed by atoms with Gasteiger partial charge in [-0.2, -0.15) is 0 Å². The molecule has 0 amide bonds. The van der Waals surface area contributed by atoms with Crippen molar-refractivity contribution in [2.75, 3.05) is 6.61 Å². The fourth-order valence-corrected chi connectivity index (χ4v) is 1.99. The third-order valence-corrected chi connectivity index (χ3v) is 3.10. The van der Waals surface area contributed by atoms with Gasteiger partial charge in [-0.05, 0) is 48.2 Å². The van der Waals surface area contributed by atoms with E-state index < -0.39 is 0 Å². The zero-order valence-electron chi connectivity index (χ0n) is 11.4. The first-order valence-corrected chi connectivity index (χ1v) is 6.73. The molecule has 0 bridgehead atoms. The molecule has 0 atom stereocenters. The Morgan fingerprint density at radius 3 is 2.65 bits per heavy atom. The lowest BCUT2D eigenvalue weighted by Crippen LogP contribution is -2.02. The molecule has 2 aromatic rings. The van der Waals surface area contributed by atoms with Crippen LogP contribution < -0.4 is 5.73 Å². The van der Waals surface area contributed by atoms with Crippen LogP contribution in [0.25, 0.3) is 0 Å². The number of rotatable bonds is 7. The van der Waals surface area contributed by atoms with Crippen molar-refractivity contribution in [2.24, 2.45) is 5.73 Å². The molecule has 1 heterocycles. The van der Waals surface area contributed by atoms with E-state index in [1.165, 1.54) is 11.6 Å². The zero-order chi connectivity index (χ0) is 14.2. The molecule has 1 aromatic carbocycles. The minimum absolute atomic E-state index is 0.210. The first-order valence-electron chi connectivity index (χ1n) is 6.73. The predicted octanol–water partition coefficient (Wildman–Crippen LogP) is 2.83. The van der Waals surface area contributed by atoms with E-state index in [1.807, 2.05) is 12.1 Å². The van der Waals surface area contributed by atoms with Gasteiger partial charge in [-0.25, -0.2) is 4.39 Å². The van der Waals surface area contributed by atoms with Gasteiger partial charge in [0.25, 0.3) is 0 Å². The standard InChI is InChI=1S/C16H19FN2O/c17-16-4-3-14(10-15(16)11-18)12-20-9-1-2-13-5-7-19-8-6-13/h3-8,10H,1-2,9,11-12,18H2. The minimum Gasteiger partial charge on any atom is -0.377 e. The molecule has 0 saturated carbocycles. The topological polar surface area (TPSA) is 48.1 Å². The average molecular weight is 274 g/mol. The number of pyridine rings is 1. The van der Waals surface area contributed by atoms with Crippen LogP contribution in [0.1, 0.15) is 23.1 Å². The SMILES string of the molecule is NCc1cc(COCCCc2ccncc2)ccc1F. The lowest BCUT2D eigenvalue weighted by Gasteiger charge is -2.07. The normalized spacial score (nSPS) is 10.7. The van der Waals surface area contributed by atoms with Gasteiger partial charge >= 0.3 is 0 Å². The first-order chi connectivity index (χ1) is 9.79. The van der Waals surface area contributed by atoms with Crippen LogP contribution in [0.15, 0.2) is 42.7 Å². The fourth-order valence-electron chi connectivity index (χ4n) is 1.99. The maximum Gasteiger partial charge on any atom is 0.127 e. The number of hydrogen-bond acceptors (Lipinski definition) is 3. The van der Waals surface area contributed by atoms with Gasteiger partial charge in [0.1, 0.15) is 5.82 Å². The number of nitrogens with zero attached hydrogens (tertiary/aromatic N) is 1. The van der Waals surface area contributed by atoms with Crippen molar-refractivity contribution in [2.45, 2.75) is 26.0 Å². The second-order valence-corrected chi connectivity index (χ2v) is 4.64. The quantitative estimate of drug-likeness (QED) is 0.790. The molecule has 2 N–H and O–H groups in total. The third kappa shape index (κ3) is 4.40. The summed E-state index contributed by atoms with van der Waals surface area (Å²) in [4.78, 5) is 3.98. The maximum atomic E-state index is 13.3. The van der Waals surface area contributed by atoms with Gasteiger partial charge in [0.2, 0.25) is 0 Å². The minimum atomic E-state index is -0.256. The smallest absolute Gasteiger partial charge is 0.127 e. The van der Waals surface area contributed by atoms with Crippen LogP contribution in [0, 0.1) is 5.82 Å². The van der Waals surface area contributed by atoms with Gasteiger partial charge in [-0.1, -0.05) is 6.07 Å². The molecule has 2 rings (SSSR count). The third-order valence-electron chi connectivity index (χ3n) is 3.10. The van der Waals surface area contributed by atoms with Crippen LogP contribution in [0.3, 0.4) is 0 Å². The molecule has 20 heavy (non-hydrogen) atoms. The van der Waals surface area contributed by atoms with E-state index in [4.69, 9.17) is 10.5 Å². The summed E-state index contributed by atoms with van der Waals surface area (Å²) >= 11 is 0. The van der Waals surface area contributed by atoms with Crippen LogP contribution in [-0.4, -0.2) is 11.6 Å². The Hall–Kier alpha value is -1.78. The van der Waals surface area contributed by atoms with Crippen molar-refractivity contribution in [1.29, 1.82) is 0 Å². The summed E-state index contributed by atoms with van der Waals surface area (Å²) in [5.74, 6) is -0.256. The van der Waals surface area contributed by atoms with E-state index in [0.717, 1.165) is 18.4 Å². The molecule has 0 aliphatic carbocycles. The highest BCUT2D eigenvalue weighted by Gasteiger charge is 2.02.